The number of likely N-dealkylation sites (N-methyl/N-ethyl adjacent to an activating group) is 1. The molecule has 0 unspecified atom stereocenters. The molecule has 6 heteroatoms. The van der Waals surface area contributed by atoms with Crippen LogP contribution in [0.3, 0.4) is 0 Å². The number of nitrogens with one attached hydrogen (secondary N) is 1. The first kappa shape index (κ1) is 21.0. The summed E-state index contributed by atoms with van der Waals surface area (Å²) < 4.78 is 5.15. The highest BCUT2D eigenvalue weighted by atomic mass is 16.5. The third-order valence-electron chi connectivity index (χ3n) is 3.93. The molecule has 25 heavy (non-hydrogen) atoms. The number of amides is 2. The Morgan fingerprint density at radius 1 is 1.12 bits per heavy atom. The summed E-state index contributed by atoms with van der Waals surface area (Å²) in [5, 5.41) is 2.84. The Morgan fingerprint density at radius 2 is 1.76 bits per heavy atom. The van der Waals surface area contributed by atoms with Gasteiger partial charge < -0.3 is 15.0 Å². The SMILES string of the molecule is CCN(CC(=O)Nc1cccc(OC)c1)CC(=O)N(C(C)C)C(C)C. The highest BCUT2D eigenvalue weighted by Gasteiger charge is 2.22. The van der Waals surface area contributed by atoms with E-state index in [0.717, 1.165) is 0 Å². The minimum absolute atomic E-state index is 0.0426. The van der Waals surface area contributed by atoms with E-state index in [2.05, 4.69) is 5.32 Å². The van der Waals surface area contributed by atoms with Crippen LogP contribution >= 0.6 is 0 Å². The summed E-state index contributed by atoms with van der Waals surface area (Å²) in [5.74, 6) is 0.578. The van der Waals surface area contributed by atoms with Crippen molar-refractivity contribution in [3.8, 4) is 5.75 Å². The molecule has 0 aliphatic heterocycles. The highest BCUT2D eigenvalue weighted by Crippen LogP contribution is 2.16. The molecule has 1 aromatic rings. The topological polar surface area (TPSA) is 61.9 Å². The van der Waals surface area contributed by atoms with Gasteiger partial charge in [0.2, 0.25) is 11.8 Å². The van der Waals surface area contributed by atoms with E-state index in [9.17, 15) is 9.59 Å². The average molecular weight is 349 g/mol. The monoisotopic (exact) mass is 349 g/mol. The lowest BCUT2D eigenvalue weighted by Crippen LogP contribution is -2.48. The fraction of sp³-hybridized carbons (Fsp3) is 0.579. The molecule has 1 rings (SSSR count). The maximum absolute atomic E-state index is 12.6. The first-order chi connectivity index (χ1) is 11.8. The Balaban J connectivity index is 2.65. The normalized spacial score (nSPS) is 11.1. The predicted molar refractivity (Wildman–Crippen MR) is 101 cm³/mol. The molecule has 1 aromatic carbocycles. The molecular weight excluding hydrogens is 318 g/mol. The van der Waals surface area contributed by atoms with E-state index >= 15 is 0 Å². The lowest BCUT2D eigenvalue weighted by atomic mass is 10.2. The number of benzene rings is 1. The smallest absolute Gasteiger partial charge is 0.238 e. The molecule has 0 saturated heterocycles. The van der Waals surface area contributed by atoms with Crippen LogP contribution < -0.4 is 10.1 Å². The molecule has 0 aromatic heterocycles. The van der Waals surface area contributed by atoms with E-state index < -0.39 is 0 Å². The molecule has 0 fully saturated rings. The van der Waals surface area contributed by atoms with Gasteiger partial charge in [-0.2, -0.15) is 0 Å². The number of methoxy groups -OCH3 is 1. The van der Waals surface area contributed by atoms with Crippen molar-refractivity contribution in [2.45, 2.75) is 46.7 Å². The van der Waals surface area contributed by atoms with Crippen molar-refractivity contribution < 1.29 is 14.3 Å². The minimum atomic E-state index is -0.149. The average Bonchev–Trinajstić information content (AvgIpc) is 2.53. The molecule has 0 heterocycles. The fourth-order valence-electron chi connectivity index (χ4n) is 2.83. The number of carbonyl (C=O) groups excluding carboxylic acids is 2. The van der Waals surface area contributed by atoms with Crippen molar-refractivity contribution in [3.05, 3.63) is 24.3 Å². The van der Waals surface area contributed by atoms with E-state index in [-0.39, 0.29) is 37.0 Å². The van der Waals surface area contributed by atoms with Gasteiger partial charge in [-0.25, -0.2) is 0 Å². The van der Waals surface area contributed by atoms with Crippen LogP contribution in [0, 0.1) is 0 Å². The molecule has 0 bridgehead atoms. The molecular formula is C19H31N3O3. The number of anilines is 1. The summed E-state index contributed by atoms with van der Waals surface area (Å²) in [7, 11) is 1.58. The Hall–Kier alpha value is -2.08. The van der Waals surface area contributed by atoms with Crippen LogP contribution in [0.1, 0.15) is 34.6 Å². The van der Waals surface area contributed by atoms with Gasteiger partial charge in [0.1, 0.15) is 5.75 Å². The molecule has 2 amide bonds. The van der Waals surface area contributed by atoms with Crippen molar-refractivity contribution in [1.29, 1.82) is 0 Å². The molecule has 0 aliphatic carbocycles. The van der Waals surface area contributed by atoms with E-state index in [1.165, 1.54) is 0 Å². The number of hydrogen-bond donors (Lipinski definition) is 1. The van der Waals surface area contributed by atoms with Crippen LogP contribution in [-0.2, 0) is 9.59 Å². The Kier molecular flexibility index (Phi) is 8.41. The molecule has 0 atom stereocenters. The van der Waals surface area contributed by atoms with Crippen molar-refractivity contribution in [2.24, 2.45) is 0 Å². The van der Waals surface area contributed by atoms with Crippen LogP contribution in [-0.4, -0.2) is 60.4 Å². The van der Waals surface area contributed by atoms with Gasteiger partial charge in [0.05, 0.1) is 20.2 Å². The van der Waals surface area contributed by atoms with E-state index in [1.54, 1.807) is 19.2 Å². The minimum Gasteiger partial charge on any atom is -0.497 e. The summed E-state index contributed by atoms with van der Waals surface area (Å²) >= 11 is 0. The van der Waals surface area contributed by atoms with E-state index in [4.69, 9.17) is 4.74 Å². The Bertz CT molecular complexity index is 565. The lowest BCUT2D eigenvalue weighted by molar-refractivity contribution is -0.136. The third-order valence-corrected chi connectivity index (χ3v) is 3.93. The third kappa shape index (κ3) is 6.74. The van der Waals surface area contributed by atoms with E-state index in [0.29, 0.717) is 18.0 Å². The zero-order valence-corrected chi connectivity index (χ0v) is 16.2. The quantitative estimate of drug-likeness (QED) is 0.744. The second kappa shape index (κ2) is 10.0. The molecule has 0 saturated carbocycles. The zero-order chi connectivity index (χ0) is 19.0. The first-order valence-electron chi connectivity index (χ1n) is 8.75. The van der Waals surface area contributed by atoms with Gasteiger partial charge in [-0.3, -0.25) is 14.5 Å². The molecule has 140 valence electrons. The summed E-state index contributed by atoms with van der Waals surface area (Å²) in [5.41, 5.74) is 0.678. The maximum atomic E-state index is 12.6. The van der Waals surface area contributed by atoms with Crippen molar-refractivity contribution >= 4 is 17.5 Å². The Labute approximate surface area is 151 Å². The van der Waals surface area contributed by atoms with Crippen molar-refractivity contribution in [3.63, 3.8) is 0 Å². The van der Waals surface area contributed by atoms with Crippen molar-refractivity contribution in [1.82, 2.24) is 9.80 Å². The van der Waals surface area contributed by atoms with Gasteiger partial charge >= 0.3 is 0 Å². The second-order valence-electron chi connectivity index (χ2n) is 6.57. The van der Waals surface area contributed by atoms with Gasteiger partial charge in [-0.1, -0.05) is 13.0 Å². The van der Waals surface area contributed by atoms with Gasteiger partial charge in [-0.15, -0.1) is 0 Å². The fourth-order valence-corrected chi connectivity index (χ4v) is 2.83. The molecule has 0 spiro atoms. The van der Waals surface area contributed by atoms with Gasteiger partial charge in [0.25, 0.3) is 0 Å². The molecule has 1 N–H and O–H groups in total. The highest BCUT2D eigenvalue weighted by molar-refractivity contribution is 5.92. The van der Waals surface area contributed by atoms with Crippen LogP contribution in [0.15, 0.2) is 24.3 Å². The predicted octanol–water partition coefficient (Wildman–Crippen LogP) is 2.60. The van der Waals surface area contributed by atoms with Crippen LogP contribution in [0.25, 0.3) is 0 Å². The van der Waals surface area contributed by atoms with Crippen LogP contribution in [0.2, 0.25) is 0 Å². The standard InChI is InChI=1S/C19H31N3O3/c1-7-21(13-19(24)22(14(2)3)15(4)5)12-18(23)20-16-9-8-10-17(11-16)25-6/h8-11,14-15H,7,12-13H2,1-6H3,(H,20,23). The van der Waals surface area contributed by atoms with Gasteiger partial charge in [0, 0.05) is 23.8 Å². The molecule has 0 radical (unpaired) electrons. The Morgan fingerprint density at radius 3 is 2.28 bits per heavy atom. The van der Waals surface area contributed by atoms with Crippen molar-refractivity contribution in [2.75, 3.05) is 32.1 Å². The summed E-state index contributed by atoms with van der Waals surface area (Å²) in [6.45, 7) is 11.0. The number of carbonyl (C=O) groups is 2. The number of rotatable bonds is 9. The summed E-state index contributed by atoms with van der Waals surface area (Å²) in [6.07, 6.45) is 0. The molecule has 6 nitrogen and oxygen atoms in total. The zero-order valence-electron chi connectivity index (χ0n) is 16.2. The summed E-state index contributed by atoms with van der Waals surface area (Å²) in [4.78, 5) is 28.5. The first-order valence-corrected chi connectivity index (χ1v) is 8.75. The molecule has 0 aliphatic rings. The summed E-state index contributed by atoms with van der Waals surface area (Å²) in [6, 6.07) is 7.48. The lowest BCUT2D eigenvalue weighted by Gasteiger charge is -2.32. The van der Waals surface area contributed by atoms with Crippen LogP contribution in [0.5, 0.6) is 5.75 Å². The number of hydrogen-bond acceptors (Lipinski definition) is 4. The number of nitrogens with zero attached hydrogens (tertiary/aromatic N) is 2. The van der Waals surface area contributed by atoms with Crippen LogP contribution in [0.4, 0.5) is 5.69 Å². The number of ether oxygens (including phenoxy) is 1. The second-order valence-corrected chi connectivity index (χ2v) is 6.57. The largest absolute Gasteiger partial charge is 0.497 e. The van der Waals surface area contributed by atoms with Gasteiger partial charge in [-0.05, 0) is 46.4 Å². The van der Waals surface area contributed by atoms with E-state index in [1.807, 2.05) is 56.6 Å². The van der Waals surface area contributed by atoms with Gasteiger partial charge in [0.15, 0.2) is 0 Å². The maximum Gasteiger partial charge on any atom is 0.238 e.